The Kier molecular flexibility index (Phi) is 23.4. The monoisotopic (exact) mass is 428 g/mol. The summed E-state index contributed by atoms with van der Waals surface area (Å²) in [5.74, 6) is 0. The molecule has 2 atom stereocenters. The minimum Gasteiger partial charge on any atom is -0.748 e. The maximum atomic E-state index is 11.5. The van der Waals surface area contributed by atoms with Gasteiger partial charge in [-0.2, -0.15) is 0 Å². The van der Waals surface area contributed by atoms with Gasteiger partial charge in [0.05, 0.1) is 16.2 Å². The summed E-state index contributed by atoms with van der Waals surface area (Å²) in [7, 11) is -4.16. The molecule has 0 radical (unpaired) electrons. The van der Waals surface area contributed by atoms with E-state index in [2.05, 4.69) is 6.92 Å². The van der Waals surface area contributed by atoms with Gasteiger partial charge in [0.25, 0.3) is 0 Å². The molecule has 0 aliphatic rings. The third kappa shape index (κ3) is 21.6. The Morgan fingerprint density at radius 2 is 1.00 bits per heavy atom. The van der Waals surface area contributed by atoms with Gasteiger partial charge in [-0.15, -0.1) is 0 Å². The molecular formula is C22H45NaO4S. The number of aliphatic hydroxyl groups excluding tert-OH is 1. The zero-order valence-electron chi connectivity index (χ0n) is 19.0. The molecule has 0 aliphatic carbocycles. The summed E-state index contributed by atoms with van der Waals surface area (Å²) in [6.45, 7) is 4.04. The molecule has 0 aromatic rings. The van der Waals surface area contributed by atoms with Crippen LogP contribution in [0, 0.1) is 0 Å². The smallest absolute Gasteiger partial charge is 0.748 e. The third-order valence-corrected chi connectivity index (χ3v) is 6.72. The van der Waals surface area contributed by atoms with Crippen LogP contribution in [0.2, 0.25) is 0 Å². The Balaban J connectivity index is 0. The summed E-state index contributed by atoms with van der Waals surface area (Å²) in [5, 5.41) is 8.52. The first-order valence-electron chi connectivity index (χ1n) is 11.5. The van der Waals surface area contributed by atoms with Crippen LogP contribution in [0.25, 0.3) is 0 Å². The zero-order valence-corrected chi connectivity index (χ0v) is 21.8. The minimum atomic E-state index is -4.16. The van der Waals surface area contributed by atoms with Crippen LogP contribution in [0.4, 0.5) is 0 Å². The quantitative estimate of drug-likeness (QED) is 0.183. The van der Waals surface area contributed by atoms with E-state index in [4.69, 9.17) is 0 Å². The number of rotatable bonds is 20. The van der Waals surface area contributed by atoms with Gasteiger partial charge >= 0.3 is 29.6 Å². The van der Waals surface area contributed by atoms with Gasteiger partial charge in [0.15, 0.2) is 0 Å². The van der Waals surface area contributed by atoms with E-state index in [0.717, 1.165) is 64.2 Å². The average molecular weight is 429 g/mol. The second-order valence-electron chi connectivity index (χ2n) is 8.28. The van der Waals surface area contributed by atoms with Crippen LogP contribution in [-0.4, -0.2) is 29.4 Å². The van der Waals surface area contributed by atoms with Crippen LogP contribution in [0.1, 0.15) is 129 Å². The molecule has 164 valence electrons. The van der Waals surface area contributed by atoms with E-state index in [9.17, 15) is 18.1 Å². The summed E-state index contributed by atoms with van der Waals surface area (Å²) in [6, 6.07) is 0. The summed E-state index contributed by atoms with van der Waals surface area (Å²) in [5.41, 5.74) is 0. The summed E-state index contributed by atoms with van der Waals surface area (Å²) < 4.78 is 34.5. The van der Waals surface area contributed by atoms with E-state index >= 15 is 0 Å². The van der Waals surface area contributed by atoms with Crippen LogP contribution >= 0.6 is 0 Å². The number of hydrogen-bond acceptors (Lipinski definition) is 4. The van der Waals surface area contributed by atoms with Crippen LogP contribution in [0.5, 0.6) is 0 Å². The van der Waals surface area contributed by atoms with Gasteiger partial charge in [-0.3, -0.25) is 0 Å². The predicted octanol–water partition coefficient (Wildman–Crippen LogP) is 3.33. The Morgan fingerprint density at radius 1 is 0.679 bits per heavy atom. The molecule has 0 aliphatic heterocycles. The molecule has 28 heavy (non-hydrogen) atoms. The van der Waals surface area contributed by atoms with Gasteiger partial charge in [0.1, 0.15) is 0 Å². The summed E-state index contributed by atoms with van der Waals surface area (Å²) >= 11 is 0. The number of hydrogen-bond donors (Lipinski definition) is 1. The molecule has 1 N–H and O–H groups in total. The first-order valence-corrected chi connectivity index (χ1v) is 13.0. The van der Waals surface area contributed by atoms with Gasteiger partial charge in [-0.1, -0.05) is 103 Å². The molecule has 4 nitrogen and oxygen atoms in total. The van der Waals surface area contributed by atoms with Crippen molar-refractivity contribution in [1.82, 2.24) is 0 Å². The van der Waals surface area contributed by atoms with E-state index in [1.807, 2.05) is 6.92 Å². The second-order valence-corrected chi connectivity index (χ2v) is 9.93. The van der Waals surface area contributed by atoms with Crippen LogP contribution in [0.15, 0.2) is 0 Å². The van der Waals surface area contributed by atoms with Gasteiger partial charge in [0.2, 0.25) is 0 Å². The Bertz CT molecular complexity index is 413. The van der Waals surface area contributed by atoms with Crippen molar-refractivity contribution in [3.63, 3.8) is 0 Å². The van der Waals surface area contributed by atoms with Gasteiger partial charge in [-0.25, -0.2) is 8.42 Å². The molecule has 0 aromatic carbocycles. The van der Waals surface area contributed by atoms with Crippen molar-refractivity contribution in [2.75, 3.05) is 0 Å². The Labute approximate surface area is 197 Å². The minimum absolute atomic E-state index is 0. The number of unbranched alkanes of at least 4 members (excludes halogenated alkanes) is 13. The maximum Gasteiger partial charge on any atom is 1.00 e. The predicted molar refractivity (Wildman–Crippen MR) is 114 cm³/mol. The molecule has 0 fully saturated rings. The van der Waals surface area contributed by atoms with Crippen molar-refractivity contribution < 1.29 is 47.6 Å². The van der Waals surface area contributed by atoms with E-state index in [-0.39, 0.29) is 35.7 Å². The molecule has 0 bridgehead atoms. The summed E-state index contributed by atoms with van der Waals surface area (Å²) in [4.78, 5) is 0. The van der Waals surface area contributed by atoms with E-state index in [1.54, 1.807) is 0 Å². The van der Waals surface area contributed by atoms with Crippen molar-refractivity contribution in [1.29, 1.82) is 0 Å². The van der Waals surface area contributed by atoms with Crippen molar-refractivity contribution in [3.8, 4) is 0 Å². The maximum absolute atomic E-state index is 11.5. The normalized spacial score (nSPS) is 13.9. The zero-order chi connectivity index (χ0) is 20.4. The van der Waals surface area contributed by atoms with Gasteiger partial charge < -0.3 is 9.66 Å². The molecular weight excluding hydrogens is 383 g/mol. The van der Waals surface area contributed by atoms with Crippen LogP contribution < -0.4 is 29.6 Å². The first kappa shape index (κ1) is 31.1. The van der Waals surface area contributed by atoms with Crippen LogP contribution in [0.3, 0.4) is 0 Å². The Hall–Kier alpha value is 0.870. The molecule has 0 rings (SSSR count). The molecule has 0 heterocycles. The van der Waals surface area contributed by atoms with E-state index < -0.39 is 15.4 Å². The fraction of sp³-hybridized carbons (Fsp3) is 1.00. The topological polar surface area (TPSA) is 77.4 Å². The molecule has 0 saturated heterocycles. The fourth-order valence-corrected chi connectivity index (χ4v) is 4.55. The van der Waals surface area contributed by atoms with Crippen molar-refractivity contribution >= 4 is 10.1 Å². The van der Waals surface area contributed by atoms with Gasteiger partial charge in [-0.05, 0) is 26.2 Å². The SMILES string of the molecule is CCCCCCCCCCCC(CCCCCCCCC(C)O)S(=O)(=O)[O-].[Na+]. The van der Waals surface area contributed by atoms with Crippen molar-refractivity contribution in [2.24, 2.45) is 0 Å². The molecule has 6 heteroatoms. The Morgan fingerprint density at radius 3 is 1.32 bits per heavy atom. The van der Waals surface area contributed by atoms with Crippen molar-refractivity contribution in [2.45, 2.75) is 141 Å². The van der Waals surface area contributed by atoms with Gasteiger partial charge in [0, 0.05) is 5.25 Å². The fourth-order valence-electron chi connectivity index (χ4n) is 3.63. The standard InChI is InChI=1S/C22H46O4S.Na/c1-3-4-5-6-7-8-9-13-16-19-22(27(24,25)26)20-17-14-11-10-12-15-18-21(2)23;/h21-23H,3-20H2,1-2H3,(H,24,25,26);/q;+1/p-1. The first-order chi connectivity index (χ1) is 12.9. The van der Waals surface area contributed by atoms with E-state index in [1.165, 1.54) is 38.5 Å². The van der Waals surface area contributed by atoms with Crippen LogP contribution in [-0.2, 0) is 10.1 Å². The molecule has 0 saturated carbocycles. The number of aliphatic hydroxyl groups is 1. The molecule has 0 aromatic heterocycles. The van der Waals surface area contributed by atoms with E-state index in [0.29, 0.717) is 12.8 Å². The second kappa shape index (κ2) is 21.1. The largest absolute Gasteiger partial charge is 1.00 e. The average Bonchev–Trinajstić information content (AvgIpc) is 2.59. The van der Waals surface area contributed by atoms with Crippen molar-refractivity contribution in [3.05, 3.63) is 0 Å². The molecule has 0 spiro atoms. The molecule has 0 amide bonds. The molecule has 2 unspecified atom stereocenters. The summed E-state index contributed by atoms with van der Waals surface area (Å²) in [6.07, 6.45) is 18.7. The third-order valence-electron chi connectivity index (χ3n) is 5.44.